The summed E-state index contributed by atoms with van der Waals surface area (Å²) in [5.74, 6) is 0.187. The van der Waals surface area contributed by atoms with Crippen LogP contribution in [0, 0.1) is 5.92 Å². The van der Waals surface area contributed by atoms with Crippen molar-refractivity contribution >= 4 is 16.9 Å². The van der Waals surface area contributed by atoms with Gasteiger partial charge in [-0.2, -0.15) is 0 Å². The summed E-state index contributed by atoms with van der Waals surface area (Å²) >= 11 is 0. The molecule has 6 heteroatoms. The van der Waals surface area contributed by atoms with E-state index in [1.54, 1.807) is 25.1 Å². The Labute approximate surface area is 141 Å². The van der Waals surface area contributed by atoms with Gasteiger partial charge >= 0.3 is 0 Å². The first-order valence-corrected chi connectivity index (χ1v) is 8.22. The van der Waals surface area contributed by atoms with Crippen LogP contribution >= 0.6 is 0 Å². The molecule has 1 heterocycles. The van der Waals surface area contributed by atoms with E-state index in [1.807, 2.05) is 6.07 Å². The number of amides is 1. The fourth-order valence-electron chi connectivity index (χ4n) is 2.45. The SMILES string of the molecule is CC(C)CCC(C)(O)CNC(=O)Cn1c(=O)cnc2ccccc21. The topological polar surface area (TPSA) is 84.2 Å². The highest BCUT2D eigenvalue weighted by Crippen LogP contribution is 2.15. The van der Waals surface area contributed by atoms with Crippen molar-refractivity contribution in [1.29, 1.82) is 0 Å². The molecule has 0 spiro atoms. The van der Waals surface area contributed by atoms with Gasteiger partial charge in [0.2, 0.25) is 5.91 Å². The number of aromatic nitrogens is 2. The first kappa shape index (κ1) is 18.1. The molecule has 1 amide bonds. The molecule has 0 saturated carbocycles. The summed E-state index contributed by atoms with van der Waals surface area (Å²) in [4.78, 5) is 28.3. The van der Waals surface area contributed by atoms with Gasteiger partial charge in [0.25, 0.3) is 5.56 Å². The van der Waals surface area contributed by atoms with Crippen LogP contribution in [-0.4, -0.2) is 32.7 Å². The maximum absolute atomic E-state index is 12.2. The molecule has 0 bridgehead atoms. The molecule has 0 radical (unpaired) electrons. The molecule has 1 aromatic carbocycles. The van der Waals surface area contributed by atoms with Gasteiger partial charge in [0.05, 0.1) is 22.8 Å². The predicted octanol–water partition coefficient (Wildman–Crippen LogP) is 1.70. The molecule has 6 nitrogen and oxygen atoms in total. The third-order valence-electron chi connectivity index (χ3n) is 3.98. The van der Waals surface area contributed by atoms with E-state index in [4.69, 9.17) is 0 Å². The van der Waals surface area contributed by atoms with E-state index in [0.29, 0.717) is 23.4 Å². The maximum Gasteiger partial charge on any atom is 0.269 e. The molecular weight excluding hydrogens is 306 g/mol. The van der Waals surface area contributed by atoms with Crippen LogP contribution in [0.3, 0.4) is 0 Å². The van der Waals surface area contributed by atoms with Gasteiger partial charge in [-0.05, 0) is 37.8 Å². The van der Waals surface area contributed by atoms with E-state index >= 15 is 0 Å². The maximum atomic E-state index is 12.2. The summed E-state index contributed by atoms with van der Waals surface area (Å²) < 4.78 is 1.39. The Kier molecular flexibility index (Phi) is 5.72. The van der Waals surface area contributed by atoms with Crippen LogP contribution in [0.4, 0.5) is 0 Å². The fourth-order valence-corrected chi connectivity index (χ4v) is 2.45. The van der Waals surface area contributed by atoms with Crippen molar-refractivity contribution < 1.29 is 9.90 Å². The standard InChI is InChI=1S/C18H25N3O3/c1-13(2)8-9-18(3,24)12-20-16(22)11-21-15-7-5-4-6-14(15)19-10-17(21)23/h4-7,10,13,24H,8-9,11-12H2,1-3H3,(H,20,22). The molecule has 1 unspecified atom stereocenters. The fraction of sp³-hybridized carbons (Fsp3) is 0.500. The van der Waals surface area contributed by atoms with Crippen molar-refractivity contribution in [3.05, 3.63) is 40.8 Å². The Morgan fingerprint density at radius 2 is 2.08 bits per heavy atom. The number of nitrogens with zero attached hydrogens (tertiary/aromatic N) is 2. The van der Waals surface area contributed by atoms with Crippen molar-refractivity contribution in [3.8, 4) is 0 Å². The highest BCUT2D eigenvalue weighted by atomic mass is 16.3. The lowest BCUT2D eigenvalue weighted by Crippen LogP contribution is -2.42. The number of para-hydroxylation sites is 2. The number of hydrogen-bond donors (Lipinski definition) is 2. The minimum atomic E-state index is -0.953. The van der Waals surface area contributed by atoms with Crippen LogP contribution in [0.15, 0.2) is 35.3 Å². The molecule has 0 aliphatic rings. The molecule has 0 aliphatic carbocycles. The molecule has 24 heavy (non-hydrogen) atoms. The van der Waals surface area contributed by atoms with Crippen LogP contribution in [0.25, 0.3) is 11.0 Å². The molecule has 2 aromatic rings. The van der Waals surface area contributed by atoms with E-state index in [-0.39, 0.29) is 24.6 Å². The summed E-state index contributed by atoms with van der Waals surface area (Å²) in [5.41, 5.74) is 0.00143. The molecule has 1 atom stereocenters. The molecule has 1 aromatic heterocycles. The zero-order valence-electron chi connectivity index (χ0n) is 14.5. The highest BCUT2D eigenvalue weighted by Gasteiger charge is 2.21. The lowest BCUT2D eigenvalue weighted by Gasteiger charge is -2.24. The molecule has 130 valence electrons. The lowest BCUT2D eigenvalue weighted by molar-refractivity contribution is -0.122. The van der Waals surface area contributed by atoms with Gasteiger partial charge in [-0.1, -0.05) is 26.0 Å². The zero-order chi connectivity index (χ0) is 17.7. The van der Waals surface area contributed by atoms with E-state index in [0.717, 1.165) is 6.42 Å². The third-order valence-corrected chi connectivity index (χ3v) is 3.98. The molecular formula is C18H25N3O3. The Morgan fingerprint density at radius 1 is 1.38 bits per heavy atom. The van der Waals surface area contributed by atoms with Crippen LogP contribution in [0.1, 0.15) is 33.6 Å². The number of carbonyl (C=O) groups is 1. The Balaban J connectivity index is 2.03. The Hall–Kier alpha value is -2.21. The van der Waals surface area contributed by atoms with Crippen molar-refractivity contribution in [2.45, 2.75) is 45.8 Å². The molecule has 0 saturated heterocycles. The van der Waals surface area contributed by atoms with E-state index in [9.17, 15) is 14.7 Å². The molecule has 0 fully saturated rings. The quantitative estimate of drug-likeness (QED) is 0.809. The summed E-state index contributed by atoms with van der Waals surface area (Å²) in [6.07, 6.45) is 2.72. The van der Waals surface area contributed by atoms with Crippen molar-refractivity contribution in [3.63, 3.8) is 0 Å². The van der Waals surface area contributed by atoms with Gasteiger partial charge in [-0.3, -0.25) is 14.2 Å². The largest absolute Gasteiger partial charge is 0.388 e. The summed E-state index contributed by atoms with van der Waals surface area (Å²) in [6.45, 7) is 5.97. The second-order valence-electron chi connectivity index (χ2n) is 6.88. The van der Waals surface area contributed by atoms with Crippen molar-refractivity contribution in [2.75, 3.05) is 6.54 Å². The average molecular weight is 331 g/mol. The summed E-state index contributed by atoms with van der Waals surface area (Å²) in [6, 6.07) is 7.18. The smallest absolute Gasteiger partial charge is 0.269 e. The van der Waals surface area contributed by atoms with Gasteiger partial charge in [0.15, 0.2) is 0 Å². The number of rotatable bonds is 7. The van der Waals surface area contributed by atoms with Crippen LogP contribution < -0.4 is 10.9 Å². The van der Waals surface area contributed by atoms with Crippen LogP contribution in [0.2, 0.25) is 0 Å². The van der Waals surface area contributed by atoms with Crippen LogP contribution in [-0.2, 0) is 11.3 Å². The Bertz CT molecular complexity index is 765. The predicted molar refractivity (Wildman–Crippen MR) is 93.7 cm³/mol. The first-order valence-electron chi connectivity index (χ1n) is 8.22. The molecule has 2 rings (SSSR count). The lowest BCUT2D eigenvalue weighted by atomic mass is 9.95. The van der Waals surface area contributed by atoms with Gasteiger partial charge in [-0.25, -0.2) is 4.98 Å². The second-order valence-corrected chi connectivity index (χ2v) is 6.88. The van der Waals surface area contributed by atoms with Gasteiger partial charge in [-0.15, -0.1) is 0 Å². The van der Waals surface area contributed by atoms with E-state index < -0.39 is 5.60 Å². The summed E-state index contributed by atoms with van der Waals surface area (Å²) in [7, 11) is 0. The number of fused-ring (bicyclic) bond motifs is 1. The van der Waals surface area contributed by atoms with E-state index in [2.05, 4.69) is 24.1 Å². The van der Waals surface area contributed by atoms with E-state index in [1.165, 1.54) is 10.8 Å². The molecule has 0 aliphatic heterocycles. The normalized spacial score (nSPS) is 13.9. The van der Waals surface area contributed by atoms with Gasteiger partial charge in [0, 0.05) is 6.54 Å². The van der Waals surface area contributed by atoms with Crippen LogP contribution in [0.5, 0.6) is 0 Å². The third kappa shape index (κ3) is 4.89. The minimum absolute atomic E-state index is 0.0951. The van der Waals surface area contributed by atoms with Crippen molar-refractivity contribution in [2.24, 2.45) is 5.92 Å². The average Bonchev–Trinajstić information content (AvgIpc) is 2.54. The number of benzene rings is 1. The minimum Gasteiger partial charge on any atom is -0.388 e. The Morgan fingerprint density at radius 3 is 2.79 bits per heavy atom. The highest BCUT2D eigenvalue weighted by molar-refractivity contribution is 5.79. The van der Waals surface area contributed by atoms with Gasteiger partial charge in [0.1, 0.15) is 6.54 Å². The second kappa shape index (κ2) is 7.57. The van der Waals surface area contributed by atoms with Gasteiger partial charge < -0.3 is 10.4 Å². The first-order chi connectivity index (χ1) is 11.3. The zero-order valence-corrected chi connectivity index (χ0v) is 14.5. The summed E-state index contributed by atoms with van der Waals surface area (Å²) in [5, 5.41) is 13.0. The number of hydrogen-bond acceptors (Lipinski definition) is 4. The molecule has 2 N–H and O–H groups in total. The monoisotopic (exact) mass is 331 g/mol. The number of nitrogens with one attached hydrogen (secondary N) is 1. The number of aliphatic hydroxyl groups is 1. The van der Waals surface area contributed by atoms with Crippen molar-refractivity contribution in [1.82, 2.24) is 14.9 Å². The number of carbonyl (C=O) groups excluding carboxylic acids is 1.